The van der Waals surface area contributed by atoms with Crippen molar-refractivity contribution >= 4 is 50.9 Å². The zero-order chi connectivity index (χ0) is 33.5. The van der Waals surface area contributed by atoms with Crippen LogP contribution in [0.5, 0.6) is 0 Å². The lowest BCUT2D eigenvalue weighted by Crippen LogP contribution is -2.42. The minimum Gasteiger partial charge on any atom is -0.478 e. The number of nitrogens with one attached hydrogen (secondary N) is 1. The van der Waals surface area contributed by atoms with Gasteiger partial charge in [0.1, 0.15) is 17.7 Å². The number of fused-ring (bicyclic) bond motifs is 1. The van der Waals surface area contributed by atoms with Gasteiger partial charge in [-0.1, -0.05) is 36.7 Å². The molecule has 2 unspecified atom stereocenters. The Kier molecular flexibility index (Phi) is 9.50. The van der Waals surface area contributed by atoms with Crippen LogP contribution in [0.2, 0.25) is 5.02 Å². The molecule has 0 saturated carbocycles. The average molecular weight is 701 g/mol. The summed E-state index contributed by atoms with van der Waals surface area (Å²) in [4.78, 5) is 23.7. The summed E-state index contributed by atoms with van der Waals surface area (Å²) in [5, 5.41) is 11.5. The molecule has 0 spiro atoms. The van der Waals surface area contributed by atoms with Crippen LogP contribution in [0.4, 0.5) is 8.78 Å². The first-order chi connectivity index (χ1) is 22.3. The van der Waals surface area contributed by atoms with E-state index in [-0.39, 0.29) is 33.3 Å². The molecule has 1 fully saturated rings. The van der Waals surface area contributed by atoms with Crippen LogP contribution in [0.15, 0.2) is 92.3 Å². The zero-order valence-corrected chi connectivity index (χ0v) is 28.3. The van der Waals surface area contributed by atoms with E-state index in [4.69, 9.17) is 21.6 Å². The second-order valence-electron chi connectivity index (χ2n) is 12.7. The van der Waals surface area contributed by atoms with E-state index in [1.807, 2.05) is 24.5 Å². The molecule has 0 aromatic heterocycles. The van der Waals surface area contributed by atoms with E-state index >= 15 is 0 Å². The Morgan fingerprint density at radius 1 is 1.23 bits per heavy atom. The summed E-state index contributed by atoms with van der Waals surface area (Å²) in [7, 11) is -3.94. The quantitative estimate of drug-likeness (QED) is 0.259. The van der Waals surface area contributed by atoms with Gasteiger partial charge in [0.15, 0.2) is 0 Å². The largest absolute Gasteiger partial charge is 0.478 e. The number of nitrogens with zero attached hydrogens (tertiary/aromatic N) is 3. The number of aromatic carboxylic acids is 1. The van der Waals surface area contributed by atoms with E-state index < -0.39 is 39.4 Å². The number of halogens is 3. The lowest BCUT2D eigenvalue weighted by molar-refractivity contribution is 0.0696. The van der Waals surface area contributed by atoms with Crippen molar-refractivity contribution in [1.29, 1.82) is 0 Å². The number of rotatable bonds is 11. The molecule has 4 heterocycles. The molecule has 2 N–H and O–H groups in total. The van der Waals surface area contributed by atoms with Crippen LogP contribution in [0.3, 0.4) is 0 Å². The van der Waals surface area contributed by atoms with Gasteiger partial charge in [-0.15, -0.1) is 11.8 Å². The molecule has 47 heavy (non-hydrogen) atoms. The Morgan fingerprint density at radius 2 is 2.00 bits per heavy atom. The number of sulfonamides is 1. The molecule has 4 aliphatic rings. The van der Waals surface area contributed by atoms with Crippen LogP contribution < -0.4 is 4.72 Å². The van der Waals surface area contributed by atoms with Crippen LogP contribution in [0.25, 0.3) is 0 Å². The van der Waals surface area contributed by atoms with Gasteiger partial charge in [0, 0.05) is 40.4 Å². The van der Waals surface area contributed by atoms with Gasteiger partial charge in [-0.2, -0.15) is 0 Å². The normalized spacial score (nSPS) is 26.1. The highest BCUT2D eigenvalue weighted by Gasteiger charge is 2.47. The second kappa shape index (κ2) is 13.3. The molecule has 2 aromatic carbocycles. The number of allylic oxidation sites excluding steroid dienone is 3. The van der Waals surface area contributed by atoms with Gasteiger partial charge >= 0.3 is 5.97 Å². The van der Waals surface area contributed by atoms with E-state index in [9.17, 15) is 27.1 Å². The number of aliphatic imine (C=N–C) groups is 2. The van der Waals surface area contributed by atoms with Crippen LogP contribution in [-0.2, 0) is 10.0 Å². The topological polar surface area (TPSA) is 111 Å². The zero-order valence-electron chi connectivity index (χ0n) is 25.9. The number of hydrogen-bond donors (Lipinski definition) is 2. The predicted molar refractivity (Wildman–Crippen MR) is 182 cm³/mol. The molecule has 2 aromatic rings. The fourth-order valence-electron chi connectivity index (χ4n) is 6.40. The molecule has 6 rings (SSSR count). The number of thioether (sulfide) groups is 1. The van der Waals surface area contributed by atoms with E-state index in [0.717, 1.165) is 23.5 Å². The molecule has 13 heteroatoms. The Hall–Kier alpha value is -3.32. The SMILES string of the molecule is C[C@@H](F)CCC1C=CC(C2=C3C[C@@](C)(CNS(=O)(=O)c4ccc(C(=O)O)cc4)CN3C(C3CC=CS3)=N[C@H]2c2ccc(F)cc2Cl)=N1. The van der Waals surface area contributed by atoms with Crippen molar-refractivity contribution in [3.63, 3.8) is 0 Å². The summed E-state index contributed by atoms with van der Waals surface area (Å²) in [6, 6.07) is 8.61. The van der Waals surface area contributed by atoms with E-state index in [1.165, 1.54) is 43.3 Å². The fraction of sp³-hybridized carbons (Fsp3) is 0.382. The molecular weight excluding hydrogens is 666 g/mol. The van der Waals surface area contributed by atoms with Crippen LogP contribution >= 0.6 is 23.4 Å². The number of amidine groups is 1. The van der Waals surface area contributed by atoms with Crippen molar-refractivity contribution in [3.05, 3.63) is 99.3 Å². The third-order valence-electron chi connectivity index (χ3n) is 8.83. The number of carboxylic acids is 1. The lowest BCUT2D eigenvalue weighted by Gasteiger charge is -2.36. The molecule has 0 bridgehead atoms. The number of carbonyl (C=O) groups is 1. The Morgan fingerprint density at radius 3 is 2.66 bits per heavy atom. The summed E-state index contributed by atoms with van der Waals surface area (Å²) < 4.78 is 57.3. The maximum absolute atomic E-state index is 14.2. The highest BCUT2D eigenvalue weighted by molar-refractivity contribution is 8.03. The minimum absolute atomic E-state index is 0.00438. The Labute approximate surface area is 282 Å². The van der Waals surface area contributed by atoms with E-state index in [2.05, 4.69) is 15.7 Å². The number of hydrogen-bond acceptors (Lipinski definition) is 7. The summed E-state index contributed by atoms with van der Waals surface area (Å²) in [5.41, 5.74) is 2.54. The molecule has 0 amide bonds. The molecule has 0 radical (unpaired) electrons. The molecule has 8 nitrogen and oxygen atoms in total. The van der Waals surface area contributed by atoms with Crippen LogP contribution in [0, 0.1) is 11.2 Å². The third-order valence-corrected chi connectivity index (χ3v) is 11.7. The summed E-state index contributed by atoms with van der Waals surface area (Å²) in [5.74, 6) is -0.758. The molecule has 1 saturated heterocycles. The molecule has 0 aliphatic carbocycles. The van der Waals surface area contributed by atoms with Crippen molar-refractivity contribution in [1.82, 2.24) is 9.62 Å². The van der Waals surface area contributed by atoms with E-state index in [1.54, 1.807) is 17.8 Å². The average Bonchev–Trinajstić information content (AvgIpc) is 3.79. The lowest BCUT2D eigenvalue weighted by atomic mass is 9.86. The third kappa shape index (κ3) is 7.11. The van der Waals surface area contributed by atoms with Gasteiger partial charge in [0.05, 0.1) is 33.6 Å². The first-order valence-electron chi connectivity index (χ1n) is 15.4. The standard InChI is InChI=1S/C34H35ClF2N4O4S2/c1-20(36)5-9-23-10-14-27(39-23)30-28-17-34(2,18-38-47(44,45)24-11-6-21(7-12-24)33(42)43)19-41(28)32(29-4-3-15-46-29)40-31(30)25-13-8-22(37)16-26(25)35/h3,6-8,10-16,20,23,29,31,38H,4-5,9,17-19H2,1-2H3,(H,42,43)/t20-,23?,29?,31+,34+/m1/s1. The molecule has 5 atom stereocenters. The maximum Gasteiger partial charge on any atom is 0.335 e. The highest BCUT2D eigenvalue weighted by Crippen LogP contribution is 2.49. The van der Waals surface area contributed by atoms with Crippen LogP contribution in [-0.4, -0.2) is 66.5 Å². The summed E-state index contributed by atoms with van der Waals surface area (Å²) in [6.45, 7) is 4.13. The molecule has 248 valence electrons. The smallest absolute Gasteiger partial charge is 0.335 e. The van der Waals surface area contributed by atoms with Gasteiger partial charge in [0.2, 0.25) is 10.0 Å². The van der Waals surface area contributed by atoms with Crippen molar-refractivity contribution in [3.8, 4) is 0 Å². The minimum atomic E-state index is -3.94. The number of carboxylic acid groups (broad SMARTS) is 1. The van der Waals surface area contributed by atoms with Gasteiger partial charge in [-0.05, 0) is 80.5 Å². The van der Waals surface area contributed by atoms with E-state index in [0.29, 0.717) is 37.1 Å². The molecule has 4 aliphatic heterocycles. The predicted octanol–water partition coefficient (Wildman–Crippen LogP) is 7.11. The Bertz CT molecular complexity index is 1830. The van der Waals surface area contributed by atoms with Gasteiger partial charge in [-0.25, -0.2) is 26.7 Å². The maximum atomic E-state index is 14.2. The van der Waals surface area contributed by atoms with Crippen molar-refractivity contribution in [2.75, 3.05) is 13.1 Å². The highest BCUT2D eigenvalue weighted by atomic mass is 35.5. The van der Waals surface area contributed by atoms with Gasteiger partial charge < -0.3 is 10.0 Å². The first kappa shape index (κ1) is 33.6. The van der Waals surface area contributed by atoms with Gasteiger partial charge in [-0.3, -0.25) is 9.98 Å². The number of alkyl halides is 1. The summed E-state index contributed by atoms with van der Waals surface area (Å²) in [6.07, 6.45) is 7.24. The van der Waals surface area contributed by atoms with Crippen molar-refractivity contribution in [2.24, 2.45) is 15.4 Å². The Balaban J connectivity index is 1.38. The van der Waals surface area contributed by atoms with Gasteiger partial charge in [0.25, 0.3) is 0 Å². The first-order valence-corrected chi connectivity index (χ1v) is 18.2. The van der Waals surface area contributed by atoms with Crippen LogP contribution in [0.1, 0.15) is 61.5 Å². The summed E-state index contributed by atoms with van der Waals surface area (Å²) >= 11 is 8.33. The van der Waals surface area contributed by atoms with Crippen molar-refractivity contribution < 1.29 is 27.1 Å². The second-order valence-corrected chi connectivity index (χ2v) is 16.0. The number of benzene rings is 2. The molecular formula is C34H35ClF2N4O4S2. The monoisotopic (exact) mass is 700 g/mol. The fourth-order valence-corrected chi connectivity index (χ4v) is 8.81. The van der Waals surface area contributed by atoms with Crippen molar-refractivity contribution in [2.45, 2.75) is 67.9 Å².